The second kappa shape index (κ2) is 5.90. The van der Waals surface area contributed by atoms with E-state index in [-0.39, 0.29) is 23.2 Å². The number of nitrogens with one attached hydrogen (secondary N) is 1. The zero-order chi connectivity index (χ0) is 14.7. The fourth-order valence-electron chi connectivity index (χ4n) is 2.70. The molecule has 108 valence electrons. The van der Waals surface area contributed by atoms with E-state index in [4.69, 9.17) is 0 Å². The molecular formula is C14H19N3O3. The number of benzene rings is 1. The molecule has 1 amide bonds. The molecule has 0 saturated carbocycles. The molecule has 0 spiro atoms. The first-order chi connectivity index (χ1) is 9.58. The van der Waals surface area contributed by atoms with Crippen LogP contribution in [0.2, 0.25) is 0 Å². The van der Waals surface area contributed by atoms with E-state index in [2.05, 4.69) is 5.32 Å². The Morgan fingerprint density at radius 1 is 1.55 bits per heavy atom. The molecule has 1 aliphatic rings. The number of nitrogens with zero attached hydrogens (tertiary/aromatic N) is 2. The maximum absolute atomic E-state index is 12.6. The molecule has 1 unspecified atom stereocenters. The maximum Gasteiger partial charge on any atom is 0.282 e. The lowest BCUT2D eigenvalue weighted by Crippen LogP contribution is -2.35. The van der Waals surface area contributed by atoms with E-state index in [9.17, 15) is 14.9 Å². The second-order valence-corrected chi connectivity index (χ2v) is 4.94. The van der Waals surface area contributed by atoms with Gasteiger partial charge in [0.2, 0.25) is 0 Å². The Hall–Kier alpha value is -2.11. The van der Waals surface area contributed by atoms with Crippen LogP contribution >= 0.6 is 0 Å². The van der Waals surface area contributed by atoms with Gasteiger partial charge in [-0.15, -0.1) is 0 Å². The normalized spacial score (nSPS) is 18.1. The molecule has 1 heterocycles. The summed E-state index contributed by atoms with van der Waals surface area (Å²) in [7, 11) is 1.72. The van der Waals surface area contributed by atoms with Crippen LogP contribution in [0.15, 0.2) is 18.2 Å². The Kier molecular flexibility index (Phi) is 4.22. The number of anilines is 1. The van der Waals surface area contributed by atoms with Crippen molar-refractivity contribution in [2.45, 2.75) is 32.2 Å². The molecule has 0 bridgehead atoms. The Bertz CT molecular complexity index is 530. The number of hydrogen-bond acceptors (Lipinski definition) is 4. The van der Waals surface area contributed by atoms with Crippen molar-refractivity contribution in [1.29, 1.82) is 0 Å². The summed E-state index contributed by atoms with van der Waals surface area (Å²) in [5, 5.41) is 14.0. The average molecular weight is 277 g/mol. The van der Waals surface area contributed by atoms with Crippen molar-refractivity contribution in [2.24, 2.45) is 0 Å². The third-order valence-electron chi connectivity index (χ3n) is 3.82. The van der Waals surface area contributed by atoms with E-state index >= 15 is 0 Å². The van der Waals surface area contributed by atoms with E-state index in [1.807, 2.05) is 6.92 Å². The predicted molar refractivity (Wildman–Crippen MR) is 77.0 cm³/mol. The number of nitro benzene ring substituents is 1. The summed E-state index contributed by atoms with van der Waals surface area (Å²) in [6.07, 6.45) is 2.82. The van der Waals surface area contributed by atoms with Gasteiger partial charge < -0.3 is 10.2 Å². The van der Waals surface area contributed by atoms with Crippen LogP contribution in [0.5, 0.6) is 0 Å². The minimum atomic E-state index is -0.496. The molecular weight excluding hydrogens is 258 g/mol. The molecule has 1 aliphatic heterocycles. The van der Waals surface area contributed by atoms with E-state index in [1.54, 1.807) is 24.1 Å². The summed E-state index contributed by atoms with van der Waals surface area (Å²) in [5.74, 6) is -0.238. The summed E-state index contributed by atoms with van der Waals surface area (Å²) in [6.45, 7) is 2.72. The highest BCUT2D eigenvalue weighted by molar-refractivity contribution is 5.99. The number of hydrogen-bond donors (Lipinski definition) is 1. The zero-order valence-corrected chi connectivity index (χ0v) is 11.8. The molecule has 2 rings (SSSR count). The lowest BCUT2D eigenvalue weighted by atomic mass is 10.1. The lowest BCUT2D eigenvalue weighted by molar-refractivity contribution is -0.385. The number of likely N-dealkylation sites (tertiary alicyclic amines) is 1. The standard InChI is InChI=1S/C14H19N3O3/c1-3-11-5-4-8-16(11)14(18)12-9-10(15-2)6-7-13(12)17(19)20/h6-7,9,11,15H,3-5,8H2,1-2H3. The fourth-order valence-corrected chi connectivity index (χ4v) is 2.70. The highest BCUT2D eigenvalue weighted by Crippen LogP contribution is 2.28. The smallest absolute Gasteiger partial charge is 0.282 e. The number of carbonyl (C=O) groups is 1. The van der Waals surface area contributed by atoms with Gasteiger partial charge in [-0.2, -0.15) is 0 Å². The summed E-state index contributed by atoms with van der Waals surface area (Å²) >= 11 is 0. The highest BCUT2D eigenvalue weighted by Gasteiger charge is 2.31. The van der Waals surface area contributed by atoms with Gasteiger partial charge in [0.15, 0.2) is 0 Å². The molecule has 0 aromatic heterocycles. The summed E-state index contributed by atoms with van der Waals surface area (Å²) in [6, 6.07) is 4.75. The topological polar surface area (TPSA) is 75.5 Å². The molecule has 1 N–H and O–H groups in total. The van der Waals surface area contributed by atoms with Crippen molar-refractivity contribution in [3.8, 4) is 0 Å². The summed E-state index contributed by atoms with van der Waals surface area (Å²) in [4.78, 5) is 25.0. The van der Waals surface area contributed by atoms with Crippen LogP contribution in [0.3, 0.4) is 0 Å². The fraction of sp³-hybridized carbons (Fsp3) is 0.500. The molecule has 1 saturated heterocycles. The van der Waals surface area contributed by atoms with Gasteiger partial charge in [-0.05, 0) is 31.4 Å². The van der Waals surface area contributed by atoms with Gasteiger partial charge in [0.1, 0.15) is 5.56 Å². The average Bonchev–Trinajstić information content (AvgIpc) is 2.94. The Balaban J connectivity index is 2.39. The SMILES string of the molecule is CCC1CCCN1C(=O)c1cc(NC)ccc1[N+](=O)[O-]. The molecule has 6 heteroatoms. The van der Waals surface area contributed by atoms with Gasteiger partial charge in [-0.1, -0.05) is 6.92 Å². The van der Waals surface area contributed by atoms with Crippen molar-refractivity contribution in [3.63, 3.8) is 0 Å². The predicted octanol–water partition coefficient (Wildman–Crippen LogP) is 2.65. The van der Waals surface area contributed by atoms with Crippen LogP contribution in [0, 0.1) is 10.1 Å². The molecule has 0 radical (unpaired) electrons. The monoisotopic (exact) mass is 277 g/mol. The first kappa shape index (κ1) is 14.3. The van der Waals surface area contributed by atoms with E-state index in [0.29, 0.717) is 12.2 Å². The third-order valence-corrected chi connectivity index (χ3v) is 3.82. The first-order valence-corrected chi connectivity index (χ1v) is 6.85. The van der Waals surface area contributed by atoms with Gasteiger partial charge in [-0.3, -0.25) is 14.9 Å². The molecule has 0 aliphatic carbocycles. The molecule has 1 fully saturated rings. The van der Waals surface area contributed by atoms with Crippen LogP contribution in [-0.4, -0.2) is 35.4 Å². The molecule has 1 aromatic carbocycles. The number of carbonyl (C=O) groups excluding carboxylic acids is 1. The van der Waals surface area contributed by atoms with Crippen molar-refractivity contribution in [2.75, 3.05) is 18.9 Å². The van der Waals surface area contributed by atoms with Crippen LogP contribution in [-0.2, 0) is 0 Å². The minimum Gasteiger partial charge on any atom is -0.388 e. The van der Waals surface area contributed by atoms with Crippen LogP contribution in [0.4, 0.5) is 11.4 Å². The minimum absolute atomic E-state index is 0.129. The zero-order valence-electron chi connectivity index (χ0n) is 11.8. The quantitative estimate of drug-likeness (QED) is 0.678. The second-order valence-electron chi connectivity index (χ2n) is 4.94. The maximum atomic E-state index is 12.6. The van der Waals surface area contributed by atoms with Gasteiger partial charge in [0.05, 0.1) is 4.92 Å². The largest absolute Gasteiger partial charge is 0.388 e. The Morgan fingerprint density at radius 3 is 2.90 bits per heavy atom. The Morgan fingerprint density at radius 2 is 2.30 bits per heavy atom. The van der Waals surface area contributed by atoms with Crippen molar-refractivity contribution in [1.82, 2.24) is 4.90 Å². The molecule has 20 heavy (non-hydrogen) atoms. The van der Waals surface area contributed by atoms with Crippen LogP contribution in [0.25, 0.3) is 0 Å². The molecule has 1 atom stereocenters. The number of amides is 1. The third kappa shape index (κ3) is 2.59. The lowest BCUT2D eigenvalue weighted by Gasteiger charge is -2.23. The molecule has 6 nitrogen and oxygen atoms in total. The van der Waals surface area contributed by atoms with Crippen LogP contribution in [0.1, 0.15) is 36.5 Å². The number of nitro groups is 1. The number of rotatable bonds is 4. The van der Waals surface area contributed by atoms with E-state index in [0.717, 1.165) is 19.3 Å². The Labute approximate surface area is 117 Å². The van der Waals surface area contributed by atoms with E-state index in [1.165, 1.54) is 6.07 Å². The van der Waals surface area contributed by atoms with Crippen LogP contribution < -0.4 is 5.32 Å². The van der Waals surface area contributed by atoms with Gasteiger partial charge in [-0.25, -0.2) is 0 Å². The van der Waals surface area contributed by atoms with E-state index < -0.39 is 4.92 Å². The summed E-state index contributed by atoms with van der Waals surface area (Å²) in [5.41, 5.74) is 0.740. The van der Waals surface area contributed by atoms with Gasteiger partial charge in [0.25, 0.3) is 11.6 Å². The first-order valence-electron chi connectivity index (χ1n) is 6.85. The van der Waals surface area contributed by atoms with Gasteiger partial charge >= 0.3 is 0 Å². The van der Waals surface area contributed by atoms with Crippen molar-refractivity contribution in [3.05, 3.63) is 33.9 Å². The molecule has 1 aromatic rings. The van der Waals surface area contributed by atoms with Gasteiger partial charge in [0, 0.05) is 31.4 Å². The van der Waals surface area contributed by atoms with Crippen molar-refractivity contribution >= 4 is 17.3 Å². The van der Waals surface area contributed by atoms with Crippen molar-refractivity contribution < 1.29 is 9.72 Å². The highest BCUT2D eigenvalue weighted by atomic mass is 16.6. The summed E-state index contributed by atoms with van der Waals surface area (Å²) < 4.78 is 0.